The molecule has 2 aromatic carbocycles. The predicted molar refractivity (Wildman–Crippen MR) is 79.5 cm³/mol. The highest BCUT2D eigenvalue weighted by Crippen LogP contribution is 2.35. The fourth-order valence-corrected chi connectivity index (χ4v) is 2.99. The maximum atomic E-state index is 11.7. The van der Waals surface area contributed by atoms with Crippen molar-refractivity contribution in [1.82, 2.24) is 0 Å². The highest BCUT2D eigenvalue weighted by Gasteiger charge is 2.11. The van der Waals surface area contributed by atoms with Crippen molar-refractivity contribution < 1.29 is 9.52 Å². The zero-order valence-electron chi connectivity index (χ0n) is 10.8. The van der Waals surface area contributed by atoms with Crippen LogP contribution in [0.3, 0.4) is 0 Å². The van der Waals surface area contributed by atoms with E-state index in [1.165, 1.54) is 17.8 Å². The summed E-state index contributed by atoms with van der Waals surface area (Å²) in [6.07, 6.45) is 0. The van der Waals surface area contributed by atoms with Gasteiger partial charge in [0, 0.05) is 26.8 Å². The lowest BCUT2D eigenvalue weighted by molar-refractivity contribution is 0.468. The molecule has 0 amide bonds. The minimum Gasteiger partial charge on any atom is -0.508 e. The summed E-state index contributed by atoms with van der Waals surface area (Å²) >= 11 is 1.50. The number of aryl methyl sites for hydroxylation is 1. The molecule has 0 aliphatic carbocycles. The van der Waals surface area contributed by atoms with E-state index in [4.69, 9.17) is 4.42 Å². The van der Waals surface area contributed by atoms with Gasteiger partial charge in [-0.1, -0.05) is 30.0 Å². The summed E-state index contributed by atoms with van der Waals surface area (Å²) in [5.74, 6) is 0.127. The maximum absolute atomic E-state index is 11.7. The average molecular weight is 284 g/mol. The van der Waals surface area contributed by atoms with Gasteiger partial charge in [0.05, 0.1) is 0 Å². The van der Waals surface area contributed by atoms with Crippen molar-refractivity contribution in [3.05, 3.63) is 64.5 Å². The number of benzene rings is 2. The smallest absolute Gasteiger partial charge is 0.337 e. The fraction of sp³-hybridized carbons (Fsp3) is 0.0625. The van der Waals surface area contributed by atoms with Gasteiger partial charge in [0.1, 0.15) is 11.3 Å². The Morgan fingerprint density at radius 1 is 1.10 bits per heavy atom. The van der Waals surface area contributed by atoms with Crippen molar-refractivity contribution in [3.8, 4) is 5.75 Å². The second kappa shape index (κ2) is 5.06. The Bertz CT molecular complexity index is 822. The minimum absolute atomic E-state index is 0.127. The average Bonchev–Trinajstić information content (AvgIpc) is 2.44. The molecule has 0 saturated carbocycles. The quantitative estimate of drug-likeness (QED) is 0.724. The molecule has 3 aromatic rings. The van der Waals surface area contributed by atoms with Gasteiger partial charge in [-0.3, -0.25) is 0 Å². The van der Waals surface area contributed by atoms with Crippen molar-refractivity contribution in [2.24, 2.45) is 0 Å². The van der Waals surface area contributed by atoms with Crippen molar-refractivity contribution in [3.63, 3.8) is 0 Å². The van der Waals surface area contributed by atoms with Crippen molar-refractivity contribution >= 4 is 22.7 Å². The number of phenols is 1. The molecule has 20 heavy (non-hydrogen) atoms. The van der Waals surface area contributed by atoms with E-state index in [9.17, 15) is 9.90 Å². The van der Waals surface area contributed by atoms with E-state index >= 15 is 0 Å². The van der Waals surface area contributed by atoms with Crippen LogP contribution in [0.2, 0.25) is 0 Å². The maximum Gasteiger partial charge on any atom is 0.337 e. The van der Waals surface area contributed by atoms with Crippen LogP contribution in [-0.4, -0.2) is 5.11 Å². The summed E-state index contributed by atoms with van der Waals surface area (Å²) in [6.45, 7) is 1.73. The molecule has 3 rings (SSSR count). The van der Waals surface area contributed by atoms with E-state index in [1.807, 2.05) is 30.3 Å². The second-order valence-electron chi connectivity index (χ2n) is 4.43. The van der Waals surface area contributed by atoms with Crippen LogP contribution in [0.25, 0.3) is 11.0 Å². The lowest BCUT2D eigenvalue weighted by Gasteiger charge is -2.07. The molecule has 0 unspecified atom stereocenters. The molecule has 0 bridgehead atoms. The largest absolute Gasteiger partial charge is 0.508 e. The Balaban J connectivity index is 2.21. The van der Waals surface area contributed by atoms with E-state index in [-0.39, 0.29) is 5.75 Å². The lowest BCUT2D eigenvalue weighted by atomic mass is 10.1. The third kappa shape index (κ3) is 2.30. The Morgan fingerprint density at radius 2 is 1.85 bits per heavy atom. The normalized spacial score (nSPS) is 10.8. The summed E-state index contributed by atoms with van der Waals surface area (Å²) < 4.78 is 5.22. The summed E-state index contributed by atoms with van der Waals surface area (Å²) in [6, 6.07) is 14.7. The van der Waals surface area contributed by atoms with Crippen molar-refractivity contribution in [1.29, 1.82) is 0 Å². The first kappa shape index (κ1) is 12.8. The predicted octanol–water partition coefficient (Wildman–Crippen LogP) is 3.96. The zero-order valence-corrected chi connectivity index (χ0v) is 11.6. The molecule has 4 heteroatoms. The van der Waals surface area contributed by atoms with Crippen LogP contribution >= 0.6 is 11.8 Å². The molecule has 0 saturated heterocycles. The summed E-state index contributed by atoms with van der Waals surface area (Å²) in [7, 11) is 0. The molecule has 1 heterocycles. The van der Waals surface area contributed by atoms with Gasteiger partial charge < -0.3 is 9.52 Å². The Morgan fingerprint density at radius 3 is 2.60 bits per heavy atom. The summed E-state index contributed by atoms with van der Waals surface area (Å²) in [4.78, 5) is 13.6. The number of phenolic OH excluding ortho intramolecular Hbond substituents is 1. The molecule has 100 valence electrons. The molecule has 0 atom stereocenters. The number of hydrogen-bond acceptors (Lipinski definition) is 4. The van der Waals surface area contributed by atoms with Crippen LogP contribution in [0, 0.1) is 6.92 Å². The van der Waals surface area contributed by atoms with E-state index in [0.29, 0.717) is 11.1 Å². The van der Waals surface area contributed by atoms with E-state index in [0.717, 1.165) is 15.2 Å². The summed E-state index contributed by atoms with van der Waals surface area (Å²) in [5, 5.41) is 10.5. The first-order valence-corrected chi connectivity index (χ1v) is 6.96. The van der Waals surface area contributed by atoms with Gasteiger partial charge in [0.25, 0.3) is 0 Å². The van der Waals surface area contributed by atoms with Gasteiger partial charge in [-0.2, -0.15) is 0 Å². The Labute approximate surface area is 119 Å². The third-order valence-electron chi connectivity index (χ3n) is 3.07. The molecular formula is C16H12O3S. The van der Waals surface area contributed by atoms with Gasteiger partial charge in [0.2, 0.25) is 0 Å². The van der Waals surface area contributed by atoms with E-state index in [1.54, 1.807) is 19.1 Å². The van der Waals surface area contributed by atoms with Crippen LogP contribution in [0.1, 0.15) is 5.56 Å². The van der Waals surface area contributed by atoms with Crippen LogP contribution in [0.4, 0.5) is 0 Å². The van der Waals surface area contributed by atoms with Gasteiger partial charge in [-0.25, -0.2) is 4.79 Å². The zero-order chi connectivity index (χ0) is 14.1. The highest BCUT2D eigenvalue weighted by molar-refractivity contribution is 7.99. The lowest BCUT2D eigenvalue weighted by Crippen LogP contribution is -1.98. The minimum atomic E-state index is -0.412. The van der Waals surface area contributed by atoms with Crippen LogP contribution < -0.4 is 5.63 Å². The topological polar surface area (TPSA) is 50.4 Å². The highest BCUT2D eigenvalue weighted by atomic mass is 32.2. The molecular weight excluding hydrogens is 272 g/mol. The van der Waals surface area contributed by atoms with Crippen LogP contribution in [0.5, 0.6) is 5.75 Å². The number of fused-ring (bicyclic) bond motifs is 1. The molecule has 1 aromatic heterocycles. The summed E-state index contributed by atoms with van der Waals surface area (Å²) in [5.41, 5.74) is 0.607. The van der Waals surface area contributed by atoms with Crippen molar-refractivity contribution in [2.75, 3.05) is 0 Å². The Kier molecular flexibility index (Phi) is 3.24. The fourth-order valence-electron chi connectivity index (χ4n) is 2.02. The van der Waals surface area contributed by atoms with E-state index in [2.05, 4.69) is 0 Å². The van der Waals surface area contributed by atoms with Crippen LogP contribution in [-0.2, 0) is 0 Å². The monoisotopic (exact) mass is 284 g/mol. The first-order chi connectivity index (χ1) is 9.65. The standard InChI is InChI=1S/C16H12O3S/c1-10-13(17)8-7-12-14(9-15(18)19-16(10)12)20-11-5-3-2-4-6-11/h2-9,17H,1H3. The SMILES string of the molecule is Cc1c(O)ccc2c(Sc3ccccc3)cc(=O)oc12. The van der Waals surface area contributed by atoms with Gasteiger partial charge in [-0.15, -0.1) is 0 Å². The molecule has 0 aliphatic heterocycles. The molecule has 3 nitrogen and oxygen atoms in total. The van der Waals surface area contributed by atoms with Gasteiger partial charge >= 0.3 is 5.63 Å². The third-order valence-corrected chi connectivity index (χ3v) is 4.13. The number of aromatic hydroxyl groups is 1. The number of rotatable bonds is 2. The molecule has 1 N–H and O–H groups in total. The molecule has 0 radical (unpaired) electrons. The van der Waals surface area contributed by atoms with Gasteiger partial charge in [-0.05, 0) is 31.2 Å². The van der Waals surface area contributed by atoms with E-state index < -0.39 is 5.63 Å². The van der Waals surface area contributed by atoms with Crippen LogP contribution in [0.15, 0.2) is 67.5 Å². The first-order valence-electron chi connectivity index (χ1n) is 6.14. The Hall–Kier alpha value is -2.20. The molecule has 0 aliphatic rings. The van der Waals surface area contributed by atoms with Gasteiger partial charge in [0.15, 0.2) is 0 Å². The number of hydrogen-bond donors (Lipinski definition) is 1. The molecule has 0 spiro atoms. The second-order valence-corrected chi connectivity index (χ2v) is 5.55. The molecule has 0 fully saturated rings. The van der Waals surface area contributed by atoms with Crippen molar-refractivity contribution in [2.45, 2.75) is 16.7 Å².